The zero-order chi connectivity index (χ0) is 22.8. The molecule has 0 unspecified atom stereocenters. The summed E-state index contributed by atoms with van der Waals surface area (Å²) in [5.74, 6) is -0.596. The fraction of sp³-hybridized carbons (Fsp3) is 0.308. The molecule has 2 heterocycles. The number of carbonyl (C=O) groups is 1. The van der Waals surface area contributed by atoms with Crippen LogP contribution in [0.1, 0.15) is 39.9 Å². The van der Waals surface area contributed by atoms with E-state index in [-0.39, 0.29) is 17.8 Å². The molecule has 0 radical (unpaired) electrons. The van der Waals surface area contributed by atoms with Crippen molar-refractivity contribution in [1.29, 1.82) is 0 Å². The van der Waals surface area contributed by atoms with Crippen molar-refractivity contribution in [2.45, 2.75) is 39.7 Å². The van der Waals surface area contributed by atoms with Gasteiger partial charge in [0, 0.05) is 48.3 Å². The van der Waals surface area contributed by atoms with Crippen molar-refractivity contribution >= 4 is 17.3 Å². The summed E-state index contributed by atoms with van der Waals surface area (Å²) in [6.07, 6.45) is 4.85. The van der Waals surface area contributed by atoms with Gasteiger partial charge in [-0.25, -0.2) is 4.39 Å². The number of aryl methyl sites for hydroxylation is 3. The molecule has 1 aliphatic heterocycles. The summed E-state index contributed by atoms with van der Waals surface area (Å²) in [6.45, 7) is 7.32. The van der Waals surface area contributed by atoms with E-state index in [2.05, 4.69) is 21.3 Å². The molecule has 166 valence electrons. The molecule has 3 aromatic rings. The normalized spacial score (nSPS) is 14.5. The fourth-order valence-electron chi connectivity index (χ4n) is 4.37. The Bertz CT molecular complexity index is 1130. The van der Waals surface area contributed by atoms with Gasteiger partial charge in [0.2, 0.25) is 0 Å². The molecular formula is C26H29FN4O. The summed E-state index contributed by atoms with van der Waals surface area (Å²) >= 11 is 0. The molecule has 2 aromatic carbocycles. The first kappa shape index (κ1) is 22.0. The zero-order valence-corrected chi connectivity index (χ0v) is 18.8. The Morgan fingerprint density at radius 2 is 1.69 bits per heavy atom. The summed E-state index contributed by atoms with van der Waals surface area (Å²) < 4.78 is 14.9. The third-order valence-corrected chi connectivity index (χ3v) is 5.91. The molecule has 0 atom stereocenters. The molecule has 0 spiro atoms. The van der Waals surface area contributed by atoms with Crippen LogP contribution < -0.4 is 16.0 Å². The SMILES string of the molecule is Cc1cc(C)cc(NC(=O)c2cncc(-c3cc(C)ccc3F)c2N2CCC(N)CC2)c1. The number of nitrogens with zero attached hydrogens (tertiary/aromatic N) is 2. The molecule has 0 aliphatic carbocycles. The molecule has 1 aliphatic rings. The van der Waals surface area contributed by atoms with Crippen molar-refractivity contribution in [3.63, 3.8) is 0 Å². The lowest BCUT2D eigenvalue weighted by atomic mass is 9.97. The van der Waals surface area contributed by atoms with E-state index in [1.165, 1.54) is 6.07 Å². The summed E-state index contributed by atoms with van der Waals surface area (Å²) in [5, 5.41) is 3.01. The number of benzene rings is 2. The van der Waals surface area contributed by atoms with Gasteiger partial charge in [0.1, 0.15) is 5.82 Å². The summed E-state index contributed by atoms with van der Waals surface area (Å²) in [6, 6.07) is 11.1. The number of hydrogen-bond donors (Lipinski definition) is 2. The van der Waals surface area contributed by atoms with Crippen LogP contribution >= 0.6 is 0 Å². The number of nitrogens with two attached hydrogens (primary N) is 1. The summed E-state index contributed by atoms with van der Waals surface area (Å²) in [5.41, 5.74) is 12.1. The van der Waals surface area contributed by atoms with Crippen LogP contribution in [0.5, 0.6) is 0 Å². The molecule has 0 bridgehead atoms. The molecule has 1 fully saturated rings. The Balaban J connectivity index is 1.81. The van der Waals surface area contributed by atoms with Crippen molar-refractivity contribution < 1.29 is 9.18 Å². The lowest BCUT2D eigenvalue weighted by molar-refractivity contribution is 0.102. The smallest absolute Gasteiger partial charge is 0.259 e. The van der Waals surface area contributed by atoms with Crippen molar-refractivity contribution in [2.75, 3.05) is 23.3 Å². The van der Waals surface area contributed by atoms with Gasteiger partial charge in [-0.3, -0.25) is 9.78 Å². The van der Waals surface area contributed by atoms with Gasteiger partial charge in [0.25, 0.3) is 5.91 Å². The van der Waals surface area contributed by atoms with Crippen LogP contribution in [0.25, 0.3) is 11.1 Å². The molecule has 6 heteroatoms. The number of amides is 1. The highest BCUT2D eigenvalue weighted by Gasteiger charge is 2.26. The van der Waals surface area contributed by atoms with E-state index < -0.39 is 0 Å². The minimum atomic E-state index is -0.334. The Morgan fingerprint density at radius 1 is 1.00 bits per heavy atom. The van der Waals surface area contributed by atoms with Crippen molar-refractivity contribution in [2.24, 2.45) is 5.73 Å². The van der Waals surface area contributed by atoms with Gasteiger partial charge in [0.05, 0.1) is 11.3 Å². The van der Waals surface area contributed by atoms with Gasteiger partial charge in [0.15, 0.2) is 0 Å². The maximum Gasteiger partial charge on any atom is 0.259 e. The first-order chi connectivity index (χ1) is 15.3. The first-order valence-corrected chi connectivity index (χ1v) is 11.0. The van der Waals surface area contributed by atoms with E-state index in [1.807, 2.05) is 32.9 Å². The second-order valence-electron chi connectivity index (χ2n) is 8.72. The van der Waals surface area contributed by atoms with E-state index in [4.69, 9.17) is 5.73 Å². The highest BCUT2D eigenvalue weighted by atomic mass is 19.1. The van der Waals surface area contributed by atoms with E-state index >= 15 is 0 Å². The molecule has 1 amide bonds. The third-order valence-electron chi connectivity index (χ3n) is 5.91. The van der Waals surface area contributed by atoms with Crippen LogP contribution in [-0.4, -0.2) is 30.0 Å². The lowest BCUT2D eigenvalue weighted by Crippen LogP contribution is -2.40. The van der Waals surface area contributed by atoms with Gasteiger partial charge >= 0.3 is 0 Å². The molecule has 1 aromatic heterocycles. The van der Waals surface area contributed by atoms with Gasteiger partial charge in [-0.2, -0.15) is 0 Å². The summed E-state index contributed by atoms with van der Waals surface area (Å²) in [7, 11) is 0. The average Bonchev–Trinajstić information content (AvgIpc) is 2.75. The Morgan fingerprint density at radius 3 is 2.38 bits per heavy atom. The molecule has 0 saturated carbocycles. The number of halogens is 1. The van der Waals surface area contributed by atoms with Crippen molar-refractivity contribution in [3.8, 4) is 11.1 Å². The third kappa shape index (κ3) is 4.65. The Hall–Kier alpha value is -3.25. The quantitative estimate of drug-likeness (QED) is 0.609. The van der Waals surface area contributed by atoms with Crippen LogP contribution in [0.2, 0.25) is 0 Å². The van der Waals surface area contributed by atoms with Crippen LogP contribution in [-0.2, 0) is 0 Å². The molecule has 32 heavy (non-hydrogen) atoms. The van der Waals surface area contributed by atoms with Crippen molar-refractivity contribution in [3.05, 3.63) is 76.9 Å². The largest absolute Gasteiger partial charge is 0.370 e. The summed E-state index contributed by atoms with van der Waals surface area (Å²) in [4.78, 5) is 19.9. The minimum absolute atomic E-state index is 0.139. The highest BCUT2D eigenvalue weighted by Crippen LogP contribution is 2.37. The average molecular weight is 433 g/mol. The molecule has 3 N–H and O–H groups in total. The fourth-order valence-corrected chi connectivity index (χ4v) is 4.37. The van der Waals surface area contributed by atoms with Crippen LogP contribution in [0.15, 0.2) is 48.8 Å². The standard InChI is InChI=1S/C26H29FN4O/c1-16-4-5-24(27)21(13-16)22-14-29-15-23(25(22)31-8-6-19(28)7-9-31)26(32)30-20-11-17(2)10-18(3)12-20/h4-5,10-15,19H,6-9,28H2,1-3H3,(H,30,32). The lowest BCUT2D eigenvalue weighted by Gasteiger charge is -2.34. The predicted molar refractivity (Wildman–Crippen MR) is 128 cm³/mol. The van der Waals surface area contributed by atoms with Crippen LogP contribution in [0, 0.1) is 26.6 Å². The molecule has 1 saturated heterocycles. The number of carbonyl (C=O) groups excluding carboxylic acids is 1. The molecule has 4 rings (SSSR count). The number of aromatic nitrogens is 1. The molecular weight excluding hydrogens is 403 g/mol. The maximum atomic E-state index is 14.9. The predicted octanol–water partition coefficient (Wildman–Crippen LogP) is 4.99. The van der Waals surface area contributed by atoms with Gasteiger partial charge in [-0.1, -0.05) is 17.7 Å². The second kappa shape index (κ2) is 9.09. The molecule has 5 nitrogen and oxygen atoms in total. The van der Waals surface area contributed by atoms with Gasteiger partial charge in [-0.15, -0.1) is 0 Å². The van der Waals surface area contributed by atoms with Crippen molar-refractivity contribution in [1.82, 2.24) is 4.98 Å². The second-order valence-corrected chi connectivity index (χ2v) is 8.72. The van der Waals surface area contributed by atoms with E-state index in [0.717, 1.165) is 35.2 Å². The number of anilines is 2. The number of hydrogen-bond acceptors (Lipinski definition) is 4. The topological polar surface area (TPSA) is 71.2 Å². The van der Waals surface area contributed by atoms with E-state index in [0.29, 0.717) is 35.5 Å². The Kier molecular flexibility index (Phi) is 6.24. The zero-order valence-electron chi connectivity index (χ0n) is 18.8. The minimum Gasteiger partial charge on any atom is -0.370 e. The number of rotatable bonds is 4. The van der Waals surface area contributed by atoms with E-state index in [1.54, 1.807) is 24.5 Å². The van der Waals surface area contributed by atoms with Crippen LogP contribution in [0.3, 0.4) is 0 Å². The van der Waals surface area contributed by atoms with Crippen LogP contribution in [0.4, 0.5) is 15.8 Å². The Labute approximate surface area is 188 Å². The highest BCUT2D eigenvalue weighted by molar-refractivity contribution is 6.10. The number of pyridine rings is 1. The maximum absolute atomic E-state index is 14.9. The number of nitrogens with one attached hydrogen (secondary N) is 1. The number of piperidine rings is 1. The first-order valence-electron chi connectivity index (χ1n) is 11.0. The van der Waals surface area contributed by atoms with E-state index in [9.17, 15) is 9.18 Å². The van der Waals surface area contributed by atoms with Gasteiger partial charge < -0.3 is 16.0 Å². The monoisotopic (exact) mass is 432 g/mol. The van der Waals surface area contributed by atoms with Gasteiger partial charge in [-0.05, 0) is 69.0 Å².